The number of hydrogen-bond acceptors (Lipinski definition) is 3. The number of nitrogens with zero attached hydrogens (tertiary/aromatic N) is 1. The van der Waals surface area contributed by atoms with E-state index in [1.165, 1.54) is 0 Å². The Morgan fingerprint density at radius 1 is 1.24 bits per heavy atom. The molecule has 1 heterocycles. The van der Waals surface area contributed by atoms with E-state index in [-0.39, 0.29) is 6.04 Å². The highest BCUT2D eigenvalue weighted by atomic mass is 16.6. The van der Waals surface area contributed by atoms with Gasteiger partial charge in [-0.3, -0.25) is 4.99 Å². The Labute approximate surface area is 101 Å². The van der Waals surface area contributed by atoms with E-state index in [0.29, 0.717) is 13.0 Å². The Kier molecular flexibility index (Phi) is 2.73. The summed E-state index contributed by atoms with van der Waals surface area (Å²) in [7, 11) is 0. The van der Waals surface area contributed by atoms with E-state index in [4.69, 9.17) is 4.74 Å². The molecule has 3 rings (SSSR count). The van der Waals surface area contributed by atoms with Crippen LogP contribution in [-0.2, 0) is 4.74 Å². The average Bonchev–Trinajstić information content (AvgIpc) is 2.39. The van der Waals surface area contributed by atoms with Gasteiger partial charge in [0.2, 0.25) is 5.79 Å². The van der Waals surface area contributed by atoms with Crippen molar-refractivity contribution in [3.8, 4) is 0 Å². The first-order chi connectivity index (χ1) is 8.28. The minimum atomic E-state index is -1.07. The molecule has 0 aromatic heterocycles. The number of fused-ring (bicyclic) bond motifs is 1. The lowest BCUT2D eigenvalue weighted by molar-refractivity contribution is -0.170. The van der Waals surface area contributed by atoms with Crippen LogP contribution in [0, 0.1) is 0 Å². The van der Waals surface area contributed by atoms with E-state index in [9.17, 15) is 5.11 Å². The smallest absolute Gasteiger partial charge is 0.205 e. The molecule has 3 heteroatoms. The molecular weight excluding hydrogens is 214 g/mol. The lowest BCUT2D eigenvalue weighted by atomic mass is 9.90. The van der Waals surface area contributed by atoms with Crippen molar-refractivity contribution in [2.75, 3.05) is 6.61 Å². The summed E-state index contributed by atoms with van der Waals surface area (Å²) in [5.74, 6) is -1.07. The van der Waals surface area contributed by atoms with Crippen LogP contribution in [0.4, 0.5) is 0 Å². The highest BCUT2D eigenvalue weighted by Crippen LogP contribution is 2.34. The van der Waals surface area contributed by atoms with Gasteiger partial charge in [-0.05, 0) is 24.8 Å². The second kappa shape index (κ2) is 4.24. The van der Waals surface area contributed by atoms with Gasteiger partial charge in [0.05, 0.1) is 18.4 Å². The van der Waals surface area contributed by atoms with E-state index >= 15 is 0 Å². The molecule has 1 N–H and O–H groups in total. The number of aliphatic imine (C=N–C) groups is 1. The highest BCUT2D eigenvalue weighted by Gasteiger charge is 2.40. The molecule has 1 aromatic carbocycles. The molecule has 0 spiro atoms. The van der Waals surface area contributed by atoms with Crippen LogP contribution < -0.4 is 0 Å². The van der Waals surface area contributed by atoms with Gasteiger partial charge in [-0.15, -0.1) is 0 Å². The summed E-state index contributed by atoms with van der Waals surface area (Å²) in [4.78, 5) is 4.69. The van der Waals surface area contributed by atoms with Crippen LogP contribution in [0.15, 0.2) is 35.3 Å². The Morgan fingerprint density at radius 2 is 2.06 bits per heavy atom. The van der Waals surface area contributed by atoms with Gasteiger partial charge >= 0.3 is 0 Å². The Morgan fingerprint density at radius 3 is 2.88 bits per heavy atom. The van der Waals surface area contributed by atoms with E-state index in [1.807, 2.05) is 18.2 Å². The van der Waals surface area contributed by atoms with E-state index < -0.39 is 5.79 Å². The molecule has 1 aliphatic carbocycles. The largest absolute Gasteiger partial charge is 0.361 e. The second-order valence-electron chi connectivity index (χ2n) is 4.80. The molecule has 1 aromatic rings. The molecule has 0 bridgehead atoms. The van der Waals surface area contributed by atoms with Gasteiger partial charge in [0.15, 0.2) is 0 Å². The van der Waals surface area contributed by atoms with E-state index in [0.717, 1.165) is 30.5 Å². The maximum Gasteiger partial charge on any atom is 0.205 e. The van der Waals surface area contributed by atoms with Crippen molar-refractivity contribution >= 4 is 5.71 Å². The number of ether oxygens (including phenoxy) is 1. The van der Waals surface area contributed by atoms with Crippen LogP contribution in [0.2, 0.25) is 0 Å². The number of aliphatic hydroxyl groups is 1. The summed E-state index contributed by atoms with van der Waals surface area (Å²) in [6.45, 7) is 0.476. The van der Waals surface area contributed by atoms with Crippen LogP contribution in [-0.4, -0.2) is 23.2 Å². The third-order valence-corrected chi connectivity index (χ3v) is 3.61. The minimum absolute atomic E-state index is 0.0459. The van der Waals surface area contributed by atoms with Crippen LogP contribution in [0.3, 0.4) is 0 Å². The van der Waals surface area contributed by atoms with Crippen molar-refractivity contribution in [3.05, 3.63) is 35.9 Å². The summed E-state index contributed by atoms with van der Waals surface area (Å²) in [5, 5.41) is 10.3. The van der Waals surface area contributed by atoms with Gasteiger partial charge in [0.25, 0.3) is 0 Å². The summed E-state index contributed by atoms with van der Waals surface area (Å²) in [6, 6.07) is 10.2. The first-order valence-electron chi connectivity index (χ1n) is 6.26. The van der Waals surface area contributed by atoms with Gasteiger partial charge in [-0.1, -0.05) is 30.3 Å². The number of rotatable bonds is 1. The fourth-order valence-electron chi connectivity index (χ4n) is 2.61. The molecule has 17 heavy (non-hydrogen) atoms. The molecular formula is C14H17NO2. The first kappa shape index (κ1) is 10.9. The maximum absolute atomic E-state index is 10.3. The zero-order valence-electron chi connectivity index (χ0n) is 9.80. The van der Waals surface area contributed by atoms with Crippen molar-refractivity contribution < 1.29 is 9.84 Å². The zero-order valence-corrected chi connectivity index (χ0v) is 9.80. The summed E-state index contributed by atoms with van der Waals surface area (Å²) in [6.07, 6.45) is 3.67. The molecule has 0 radical (unpaired) electrons. The Balaban J connectivity index is 1.89. The number of hydrogen-bond donors (Lipinski definition) is 1. The Bertz CT molecular complexity index is 429. The lowest BCUT2D eigenvalue weighted by Crippen LogP contribution is -2.47. The lowest BCUT2D eigenvalue weighted by Gasteiger charge is -2.38. The first-order valence-corrected chi connectivity index (χ1v) is 6.26. The second-order valence-corrected chi connectivity index (χ2v) is 4.80. The van der Waals surface area contributed by atoms with Gasteiger partial charge in [0.1, 0.15) is 0 Å². The quantitative estimate of drug-likeness (QED) is 0.806. The predicted octanol–water partition coefficient (Wildman–Crippen LogP) is 2.46. The van der Waals surface area contributed by atoms with Crippen LogP contribution in [0.1, 0.15) is 37.3 Å². The van der Waals surface area contributed by atoms with Gasteiger partial charge < -0.3 is 9.84 Å². The van der Waals surface area contributed by atoms with E-state index in [1.54, 1.807) is 0 Å². The summed E-state index contributed by atoms with van der Waals surface area (Å²) < 4.78 is 5.66. The Hall–Kier alpha value is -1.19. The number of benzene rings is 1. The predicted molar refractivity (Wildman–Crippen MR) is 66.0 cm³/mol. The van der Waals surface area contributed by atoms with Gasteiger partial charge in [0, 0.05) is 6.42 Å². The van der Waals surface area contributed by atoms with E-state index in [2.05, 4.69) is 17.1 Å². The summed E-state index contributed by atoms with van der Waals surface area (Å²) in [5.41, 5.74) is 2.00. The molecule has 90 valence electrons. The highest BCUT2D eigenvalue weighted by molar-refractivity contribution is 5.92. The maximum atomic E-state index is 10.3. The SMILES string of the molecule is O[C@]12CCCCC1=N[C@H](c1ccccc1)CO2. The van der Waals surface area contributed by atoms with Gasteiger partial charge in [-0.25, -0.2) is 0 Å². The third kappa shape index (κ3) is 2.01. The topological polar surface area (TPSA) is 41.8 Å². The fourth-order valence-corrected chi connectivity index (χ4v) is 2.61. The normalized spacial score (nSPS) is 32.8. The zero-order chi connectivity index (χ0) is 11.7. The van der Waals surface area contributed by atoms with Crippen molar-refractivity contribution in [2.24, 2.45) is 4.99 Å². The molecule has 1 saturated carbocycles. The molecule has 0 unspecified atom stereocenters. The molecule has 2 aliphatic rings. The standard InChI is InChI=1S/C14H17NO2/c16-14-9-5-4-8-13(14)15-12(10-17-14)11-6-2-1-3-7-11/h1-3,6-7,12,16H,4-5,8-10H2/t12-,14-/m0/s1. The van der Waals surface area contributed by atoms with Crippen molar-refractivity contribution in [1.82, 2.24) is 0 Å². The van der Waals surface area contributed by atoms with Crippen molar-refractivity contribution in [2.45, 2.75) is 37.5 Å². The molecule has 3 nitrogen and oxygen atoms in total. The molecule has 0 amide bonds. The molecule has 2 atom stereocenters. The fraction of sp³-hybridized carbons (Fsp3) is 0.500. The van der Waals surface area contributed by atoms with Crippen LogP contribution in [0.25, 0.3) is 0 Å². The minimum Gasteiger partial charge on any atom is -0.361 e. The van der Waals surface area contributed by atoms with Crippen molar-refractivity contribution in [1.29, 1.82) is 0 Å². The summed E-state index contributed by atoms with van der Waals surface area (Å²) >= 11 is 0. The third-order valence-electron chi connectivity index (χ3n) is 3.61. The van der Waals surface area contributed by atoms with Crippen molar-refractivity contribution in [3.63, 3.8) is 0 Å². The van der Waals surface area contributed by atoms with Crippen LogP contribution in [0.5, 0.6) is 0 Å². The van der Waals surface area contributed by atoms with Gasteiger partial charge in [-0.2, -0.15) is 0 Å². The molecule has 1 fully saturated rings. The molecule has 0 saturated heterocycles. The average molecular weight is 231 g/mol. The monoisotopic (exact) mass is 231 g/mol. The molecule has 1 aliphatic heterocycles. The van der Waals surface area contributed by atoms with Crippen LogP contribution >= 0.6 is 0 Å².